The number of rotatable bonds is 4. The summed E-state index contributed by atoms with van der Waals surface area (Å²) in [6.07, 6.45) is 4.67. The van der Waals surface area contributed by atoms with Gasteiger partial charge in [0.1, 0.15) is 0 Å². The molecule has 1 aromatic heterocycles. The molecule has 1 aromatic rings. The maximum atomic E-state index is 4.35. The van der Waals surface area contributed by atoms with E-state index in [0.29, 0.717) is 5.25 Å². The van der Waals surface area contributed by atoms with E-state index in [0.717, 1.165) is 11.4 Å². The van der Waals surface area contributed by atoms with Crippen LogP contribution in [0.2, 0.25) is 0 Å². The minimum atomic E-state index is 0.582. The number of allylic oxidation sites excluding steroid dienone is 1. The third-order valence-corrected chi connectivity index (χ3v) is 2.62. The first-order valence-electron chi connectivity index (χ1n) is 4.45. The van der Waals surface area contributed by atoms with Crippen LogP contribution in [0.25, 0.3) is 0 Å². The summed E-state index contributed by atoms with van der Waals surface area (Å²) in [6.45, 7) is 8.09. The van der Waals surface area contributed by atoms with Crippen LogP contribution in [0.4, 0.5) is 0 Å². The molecule has 2 heteroatoms. The molecular weight excluding hydrogens is 178 g/mol. The highest BCUT2D eigenvalue weighted by Gasteiger charge is 2.04. The zero-order valence-electron chi connectivity index (χ0n) is 8.16. The SMILES string of the molecule is C=CCc1cccnc1SC(C)C. The van der Waals surface area contributed by atoms with E-state index in [4.69, 9.17) is 0 Å². The Balaban J connectivity index is 2.83. The Hall–Kier alpha value is -0.760. The highest BCUT2D eigenvalue weighted by atomic mass is 32.2. The predicted octanol–water partition coefficient (Wildman–Crippen LogP) is 3.31. The summed E-state index contributed by atoms with van der Waals surface area (Å²) < 4.78 is 0. The first kappa shape index (κ1) is 10.3. The topological polar surface area (TPSA) is 12.9 Å². The molecule has 0 spiro atoms. The average Bonchev–Trinajstić information content (AvgIpc) is 2.08. The third-order valence-electron chi connectivity index (χ3n) is 1.56. The largest absolute Gasteiger partial charge is 0.250 e. The fourth-order valence-electron chi connectivity index (χ4n) is 1.06. The molecule has 0 N–H and O–H groups in total. The Kier molecular flexibility index (Phi) is 4.03. The Labute approximate surface area is 84.3 Å². The second-order valence-corrected chi connectivity index (χ2v) is 4.69. The summed E-state index contributed by atoms with van der Waals surface area (Å²) in [6, 6.07) is 4.09. The summed E-state index contributed by atoms with van der Waals surface area (Å²) in [5.74, 6) is 0. The standard InChI is InChI=1S/C11H15NS/c1-4-6-10-7-5-8-12-11(10)13-9(2)3/h4-5,7-9H,1,6H2,2-3H3. The van der Waals surface area contributed by atoms with Gasteiger partial charge in [-0.25, -0.2) is 4.98 Å². The normalized spacial score (nSPS) is 10.4. The van der Waals surface area contributed by atoms with E-state index in [1.165, 1.54) is 5.56 Å². The van der Waals surface area contributed by atoms with Crippen molar-refractivity contribution < 1.29 is 0 Å². The fraction of sp³-hybridized carbons (Fsp3) is 0.364. The van der Waals surface area contributed by atoms with E-state index < -0.39 is 0 Å². The maximum Gasteiger partial charge on any atom is 0.0997 e. The van der Waals surface area contributed by atoms with Gasteiger partial charge >= 0.3 is 0 Å². The summed E-state index contributed by atoms with van der Waals surface area (Å²) in [5, 5.41) is 1.72. The molecule has 0 atom stereocenters. The van der Waals surface area contributed by atoms with Crippen molar-refractivity contribution in [1.29, 1.82) is 0 Å². The van der Waals surface area contributed by atoms with Crippen molar-refractivity contribution in [1.82, 2.24) is 4.98 Å². The molecule has 0 aliphatic carbocycles. The van der Waals surface area contributed by atoms with Gasteiger partial charge in [0, 0.05) is 11.4 Å². The molecule has 1 rings (SSSR count). The van der Waals surface area contributed by atoms with Crippen LogP contribution in [0.5, 0.6) is 0 Å². The van der Waals surface area contributed by atoms with Crippen LogP contribution in [0.15, 0.2) is 36.0 Å². The molecule has 0 radical (unpaired) electrons. The Bertz CT molecular complexity index is 281. The molecule has 0 aromatic carbocycles. The molecule has 0 bridgehead atoms. The molecule has 0 unspecified atom stereocenters. The van der Waals surface area contributed by atoms with E-state index in [1.54, 1.807) is 11.8 Å². The van der Waals surface area contributed by atoms with Crippen LogP contribution in [0, 0.1) is 0 Å². The Morgan fingerprint density at radius 3 is 3.00 bits per heavy atom. The van der Waals surface area contributed by atoms with Crippen LogP contribution in [0.1, 0.15) is 19.4 Å². The number of aromatic nitrogens is 1. The van der Waals surface area contributed by atoms with Gasteiger partial charge < -0.3 is 0 Å². The van der Waals surface area contributed by atoms with Crippen molar-refractivity contribution >= 4 is 11.8 Å². The number of hydrogen-bond donors (Lipinski definition) is 0. The number of thioether (sulfide) groups is 1. The predicted molar refractivity (Wildman–Crippen MR) is 59.1 cm³/mol. The van der Waals surface area contributed by atoms with Gasteiger partial charge in [0.25, 0.3) is 0 Å². The minimum absolute atomic E-state index is 0.582. The van der Waals surface area contributed by atoms with Crippen molar-refractivity contribution in [2.24, 2.45) is 0 Å². The molecule has 0 aliphatic heterocycles. The van der Waals surface area contributed by atoms with Gasteiger partial charge in [-0.3, -0.25) is 0 Å². The smallest absolute Gasteiger partial charge is 0.0997 e. The van der Waals surface area contributed by atoms with Gasteiger partial charge in [0.05, 0.1) is 5.03 Å². The average molecular weight is 193 g/mol. The van der Waals surface area contributed by atoms with Crippen LogP contribution in [-0.2, 0) is 6.42 Å². The van der Waals surface area contributed by atoms with Gasteiger partial charge in [-0.15, -0.1) is 18.3 Å². The highest BCUT2D eigenvalue weighted by molar-refractivity contribution is 7.99. The zero-order chi connectivity index (χ0) is 9.68. The number of pyridine rings is 1. The lowest BCUT2D eigenvalue weighted by atomic mass is 10.2. The first-order chi connectivity index (χ1) is 6.24. The van der Waals surface area contributed by atoms with Crippen LogP contribution < -0.4 is 0 Å². The first-order valence-corrected chi connectivity index (χ1v) is 5.33. The monoisotopic (exact) mass is 193 g/mol. The molecule has 0 amide bonds. The summed E-state index contributed by atoms with van der Waals surface area (Å²) in [5.41, 5.74) is 1.27. The third kappa shape index (κ3) is 3.23. The molecule has 0 fully saturated rings. The van der Waals surface area contributed by atoms with E-state index >= 15 is 0 Å². The van der Waals surface area contributed by atoms with Crippen molar-refractivity contribution in [2.75, 3.05) is 0 Å². The lowest BCUT2D eigenvalue weighted by molar-refractivity contribution is 1.02. The summed E-state index contributed by atoms with van der Waals surface area (Å²) >= 11 is 1.81. The molecule has 0 saturated carbocycles. The van der Waals surface area contributed by atoms with Gasteiger partial charge in [-0.2, -0.15) is 0 Å². The van der Waals surface area contributed by atoms with Crippen molar-refractivity contribution in [3.05, 3.63) is 36.5 Å². The van der Waals surface area contributed by atoms with Gasteiger partial charge in [-0.1, -0.05) is 26.0 Å². The second kappa shape index (κ2) is 5.07. The van der Waals surface area contributed by atoms with Crippen molar-refractivity contribution in [2.45, 2.75) is 30.5 Å². The molecule has 0 saturated heterocycles. The summed E-state index contributed by atoms with van der Waals surface area (Å²) in [4.78, 5) is 4.35. The fourth-order valence-corrected chi connectivity index (χ4v) is 1.94. The van der Waals surface area contributed by atoms with Gasteiger partial charge in [0.15, 0.2) is 0 Å². The lowest BCUT2D eigenvalue weighted by Gasteiger charge is -2.07. The van der Waals surface area contributed by atoms with E-state index in [1.807, 2.05) is 18.3 Å². The Morgan fingerprint density at radius 2 is 2.38 bits per heavy atom. The number of hydrogen-bond acceptors (Lipinski definition) is 2. The maximum absolute atomic E-state index is 4.35. The van der Waals surface area contributed by atoms with E-state index in [-0.39, 0.29) is 0 Å². The Morgan fingerprint density at radius 1 is 1.62 bits per heavy atom. The van der Waals surface area contributed by atoms with Crippen molar-refractivity contribution in [3.8, 4) is 0 Å². The molecule has 1 heterocycles. The molecular formula is C11H15NS. The second-order valence-electron chi connectivity index (χ2n) is 3.13. The van der Waals surface area contributed by atoms with Crippen LogP contribution >= 0.6 is 11.8 Å². The zero-order valence-corrected chi connectivity index (χ0v) is 8.97. The van der Waals surface area contributed by atoms with Crippen LogP contribution in [-0.4, -0.2) is 10.2 Å². The highest BCUT2D eigenvalue weighted by Crippen LogP contribution is 2.24. The van der Waals surface area contributed by atoms with Gasteiger partial charge in [0.2, 0.25) is 0 Å². The number of nitrogens with zero attached hydrogens (tertiary/aromatic N) is 1. The lowest BCUT2D eigenvalue weighted by Crippen LogP contribution is -1.93. The van der Waals surface area contributed by atoms with E-state index in [2.05, 4.69) is 31.5 Å². The molecule has 0 aliphatic rings. The molecule has 1 nitrogen and oxygen atoms in total. The quantitative estimate of drug-likeness (QED) is 0.537. The van der Waals surface area contributed by atoms with Gasteiger partial charge in [-0.05, 0) is 18.1 Å². The summed E-state index contributed by atoms with van der Waals surface area (Å²) in [7, 11) is 0. The van der Waals surface area contributed by atoms with E-state index in [9.17, 15) is 0 Å². The van der Waals surface area contributed by atoms with Crippen LogP contribution in [0.3, 0.4) is 0 Å². The van der Waals surface area contributed by atoms with Crippen molar-refractivity contribution in [3.63, 3.8) is 0 Å². The minimum Gasteiger partial charge on any atom is -0.250 e. The molecule has 13 heavy (non-hydrogen) atoms. The molecule has 70 valence electrons.